The second kappa shape index (κ2) is 8.20. The maximum atomic E-state index is 13.5. The summed E-state index contributed by atoms with van der Waals surface area (Å²) in [5.41, 5.74) is 1.15. The largest absolute Gasteiger partial charge is 0.463 e. The van der Waals surface area contributed by atoms with Crippen LogP contribution in [-0.2, 0) is 9.53 Å². The Bertz CT molecular complexity index is 1580. The van der Waals surface area contributed by atoms with E-state index in [0.29, 0.717) is 37.1 Å². The van der Waals surface area contributed by atoms with Crippen LogP contribution in [0.2, 0.25) is 0 Å². The number of benzene rings is 5. The molecule has 1 heterocycles. The van der Waals surface area contributed by atoms with Crippen LogP contribution in [0.25, 0.3) is 43.1 Å². The topological polar surface area (TPSA) is 63.7 Å². The third-order valence-corrected chi connectivity index (χ3v) is 7.03. The van der Waals surface area contributed by atoms with E-state index in [9.17, 15) is 14.4 Å². The van der Waals surface area contributed by atoms with Gasteiger partial charge in [0.2, 0.25) is 0 Å². The Kier molecular flexibility index (Phi) is 4.99. The molecule has 5 aromatic carbocycles. The molecule has 1 aliphatic rings. The van der Waals surface area contributed by atoms with Crippen LogP contribution < -0.4 is 0 Å². The Hall–Kier alpha value is -4.25. The summed E-state index contributed by atoms with van der Waals surface area (Å²) in [4.78, 5) is 39.4. The second-order valence-corrected chi connectivity index (χ2v) is 8.97. The number of imide groups is 1. The van der Waals surface area contributed by atoms with Gasteiger partial charge in [0.1, 0.15) is 0 Å². The van der Waals surface area contributed by atoms with Crippen LogP contribution in [-0.4, -0.2) is 35.8 Å². The maximum absolute atomic E-state index is 13.5. The highest BCUT2D eigenvalue weighted by molar-refractivity contribution is 6.38. The van der Waals surface area contributed by atoms with Gasteiger partial charge in [-0.25, -0.2) is 4.79 Å². The highest BCUT2D eigenvalue weighted by Gasteiger charge is 2.33. The number of carbonyl (C=O) groups excluding carboxylic acids is 3. The number of amides is 2. The summed E-state index contributed by atoms with van der Waals surface area (Å²) < 4.78 is 4.99. The van der Waals surface area contributed by atoms with E-state index < -0.39 is 5.97 Å². The molecule has 5 heteroatoms. The molecule has 1 aliphatic heterocycles. The van der Waals surface area contributed by atoms with E-state index in [0.717, 1.165) is 44.8 Å². The van der Waals surface area contributed by atoms with Crippen LogP contribution in [0, 0.1) is 0 Å². The molecule has 0 aliphatic carbocycles. The first-order valence-corrected chi connectivity index (χ1v) is 11.9. The van der Waals surface area contributed by atoms with E-state index in [1.807, 2.05) is 24.3 Å². The van der Waals surface area contributed by atoms with Crippen molar-refractivity contribution < 1.29 is 19.1 Å². The van der Waals surface area contributed by atoms with Gasteiger partial charge in [-0.15, -0.1) is 0 Å². The van der Waals surface area contributed by atoms with E-state index in [-0.39, 0.29) is 11.8 Å². The smallest absolute Gasteiger partial charge is 0.330 e. The first-order valence-electron chi connectivity index (χ1n) is 11.9. The van der Waals surface area contributed by atoms with Gasteiger partial charge < -0.3 is 4.74 Å². The second-order valence-electron chi connectivity index (χ2n) is 8.97. The Morgan fingerprint density at radius 1 is 0.743 bits per heavy atom. The minimum Gasteiger partial charge on any atom is -0.463 e. The lowest BCUT2D eigenvalue weighted by Crippen LogP contribution is -2.40. The van der Waals surface area contributed by atoms with E-state index in [2.05, 4.69) is 43.0 Å². The van der Waals surface area contributed by atoms with Gasteiger partial charge in [-0.2, -0.15) is 0 Å². The molecule has 0 fully saturated rings. The van der Waals surface area contributed by atoms with E-state index in [1.54, 1.807) is 0 Å². The van der Waals surface area contributed by atoms with Crippen molar-refractivity contribution in [3.63, 3.8) is 0 Å². The van der Waals surface area contributed by atoms with Crippen molar-refractivity contribution in [2.45, 2.75) is 19.3 Å². The summed E-state index contributed by atoms with van der Waals surface area (Å²) >= 11 is 0. The van der Waals surface area contributed by atoms with Crippen molar-refractivity contribution in [2.24, 2.45) is 0 Å². The van der Waals surface area contributed by atoms with Crippen molar-refractivity contribution in [3.8, 4) is 0 Å². The average Bonchev–Trinajstić information content (AvgIpc) is 2.89. The number of fused-ring (bicyclic) bond motifs is 2. The Labute approximate surface area is 201 Å². The van der Waals surface area contributed by atoms with Crippen LogP contribution in [0.1, 0.15) is 40.0 Å². The molecule has 5 nitrogen and oxygen atoms in total. The number of nitrogens with zero attached hydrogens (tertiary/aromatic N) is 1. The Morgan fingerprint density at radius 2 is 1.34 bits per heavy atom. The molecule has 0 unspecified atom stereocenters. The highest BCUT2D eigenvalue weighted by Crippen LogP contribution is 2.43. The van der Waals surface area contributed by atoms with Crippen LogP contribution in [0.3, 0.4) is 0 Å². The normalized spacial score (nSPS) is 13.4. The molecular formula is C30H23NO4. The summed E-state index contributed by atoms with van der Waals surface area (Å²) in [5, 5.41) is 8.52. The Balaban J connectivity index is 1.39. The van der Waals surface area contributed by atoms with Crippen molar-refractivity contribution >= 4 is 60.9 Å². The summed E-state index contributed by atoms with van der Waals surface area (Å²) in [5.74, 6) is -0.940. The van der Waals surface area contributed by atoms with Crippen LogP contribution >= 0.6 is 0 Å². The van der Waals surface area contributed by atoms with Gasteiger partial charge in [0, 0.05) is 29.1 Å². The summed E-state index contributed by atoms with van der Waals surface area (Å²) in [6.45, 7) is 4.01. The van der Waals surface area contributed by atoms with E-state index in [1.165, 1.54) is 15.7 Å². The SMILES string of the molecule is C=CC(=O)OCCCCCN1C(=O)c2ccc3c4cccc5cccc(c6ccc(c2c36)C1=O)c54. The monoisotopic (exact) mass is 461 g/mol. The minimum atomic E-state index is -0.443. The molecule has 0 atom stereocenters. The zero-order valence-electron chi connectivity index (χ0n) is 19.2. The lowest BCUT2D eigenvalue weighted by atomic mass is 9.85. The fourth-order valence-electron chi connectivity index (χ4n) is 5.46. The van der Waals surface area contributed by atoms with Crippen molar-refractivity contribution in [2.75, 3.05) is 13.2 Å². The fourth-order valence-corrected chi connectivity index (χ4v) is 5.46. The molecule has 0 aromatic heterocycles. The lowest BCUT2D eigenvalue weighted by Gasteiger charge is -2.28. The lowest BCUT2D eigenvalue weighted by molar-refractivity contribution is -0.137. The van der Waals surface area contributed by atoms with Gasteiger partial charge in [0.25, 0.3) is 11.8 Å². The van der Waals surface area contributed by atoms with Gasteiger partial charge in [0.05, 0.1) is 6.61 Å². The van der Waals surface area contributed by atoms with Gasteiger partial charge >= 0.3 is 5.97 Å². The van der Waals surface area contributed by atoms with E-state index >= 15 is 0 Å². The first-order chi connectivity index (χ1) is 17.1. The third kappa shape index (κ3) is 3.19. The predicted molar refractivity (Wildman–Crippen MR) is 138 cm³/mol. The molecule has 0 bridgehead atoms. The summed E-state index contributed by atoms with van der Waals surface area (Å²) in [6.07, 6.45) is 3.19. The number of carbonyl (C=O) groups is 3. The number of hydrogen-bond donors (Lipinski definition) is 0. The maximum Gasteiger partial charge on any atom is 0.330 e. The summed E-state index contributed by atoms with van der Waals surface area (Å²) in [6, 6.07) is 20.4. The molecule has 2 amide bonds. The van der Waals surface area contributed by atoms with Gasteiger partial charge in [-0.1, -0.05) is 55.1 Å². The molecule has 0 radical (unpaired) electrons. The number of rotatable bonds is 7. The quantitative estimate of drug-likeness (QED) is 0.0719. The molecular weight excluding hydrogens is 438 g/mol. The number of unbranched alkanes of at least 4 members (excludes halogenated alkanes) is 2. The van der Waals surface area contributed by atoms with Crippen LogP contribution in [0.5, 0.6) is 0 Å². The summed E-state index contributed by atoms with van der Waals surface area (Å²) in [7, 11) is 0. The number of hydrogen-bond acceptors (Lipinski definition) is 4. The highest BCUT2D eigenvalue weighted by atomic mass is 16.5. The standard InChI is InChI=1S/C30H23NO4/c1-2-25(32)35-17-5-3-4-16-31-29(33)23-14-12-21-19-10-6-8-18-9-7-11-20(26(18)19)22-13-15-24(30(31)34)28(23)27(21)22/h2,6-15H,1,3-5,16-17H2. The van der Waals surface area contributed by atoms with Crippen molar-refractivity contribution in [1.82, 2.24) is 4.90 Å². The zero-order chi connectivity index (χ0) is 24.1. The Morgan fingerprint density at radius 3 is 1.94 bits per heavy atom. The molecule has 0 spiro atoms. The first kappa shape index (κ1) is 21.3. The van der Waals surface area contributed by atoms with Gasteiger partial charge in [-0.05, 0) is 69.1 Å². The molecule has 0 saturated carbocycles. The molecule has 0 N–H and O–H groups in total. The molecule has 6 rings (SSSR count). The van der Waals surface area contributed by atoms with E-state index in [4.69, 9.17) is 4.74 Å². The molecule has 5 aromatic rings. The van der Waals surface area contributed by atoms with Crippen LogP contribution in [0.15, 0.2) is 73.3 Å². The number of ether oxygens (including phenoxy) is 1. The average molecular weight is 462 g/mol. The van der Waals surface area contributed by atoms with Crippen molar-refractivity contribution in [3.05, 3.63) is 84.4 Å². The predicted octanol–water partition coefficient (Wildman–Crippen LogP) is 6.23. The zero-order valence-corrected chi connectivity index (χ0v) is 19.2. The van der Waals surface area contributed by atoms with Gasteiger partial charge in [-0.3, -0.25) is 14.5 Å². The minimum absolute atomic E-state index is 0.249. The van der Waals surface area contributed by atoms with Crippen LogP contribution in [0.4, 0.5) is 0 Å². The third-order valence-electron chi connectivity index (χ3n) is 7.03. The van der Waals surface area contributed by atoms with Gasteiger partial charge in [0.15, 0.2) is 0 Å². The molecule has 172 valence electrons. The number of esters is 1. The van der Waals surface area contributed by atoms with Crippen molar-refractivity contribution in [1.29, 1.82) is 0 Å². The fraction of sp³-hybridized carbons (Fsp3) is 0.167. The molecule has 35 heavy (non-hydrogen) atoms. The molecule has 0 saturated heterocycles.